The molecule has 0 saturated heterocycles. The highest BCUT2D eigenvalue weighted by Gasteiger charge is 2.01. The third kappa shape index (κ3) is 4.97. The zero-order chi connectivity index (χ0) is 13.5. The molecule has 0 amide bonds. The lowest BCUT2D eigenvalue weighted by atomic mass is 10.2. The standard InChI is InChI=1S/C15H20N2S2/c1-3-7-16-9-13-5-4-6-15(8-13)19-11-14-10-18-12(2)17-14/h4-6,8,10,16H,3,7,9,11H2,1-2H3. The van der Waals surface area contributed by atoms with E-state index in [2.05, 4.69) is 53.8 Å². The van der Waals surface area contributed by atoms with Crippen LogP contribution in [-0.4, -0.2) is 11.5 Å². The molecule has 19 heavy (non-hydrogen) atoms. The molecule has 1 heterocycles. The van der Waals surface area contributed by atoms with E-state index in [1.165, 1.54) is 22.6 Å². The Morgan fingerprint density at radius 3 is 3.00 bits per heavy atom. The van der Waals surface area contributed by atoms with Crippen LogP contribution in [0.2, 0.25) is 0 Å². The van der Waals surface area contributed by atoms with Gasteiger partial charge in [0.25, 0.3) is 0 Å². The average Bonchev–Trinajstić information content (AvgIpc) is 2.83. The molecule has 4 heteroatoms. The highest BCUT2D eigenvalue weighted by atomic mass is 32.2. The fourth-order valence-corrected chi connectivity index (χ4v) is 3.38. The largest absolute Gasteiger partial charge is 0.313 e. The fraction of sp³-hybridized carbons (Fsp3) is 0.400. The molecule has 1 aromatic carbocycles. The Balaban J connectivity index is 1.87. The van der Waals surface area contributed by atoms with Crippen LogP contribution in [0.1, 0.15) is 29.6 Å². The first-order valence-electron chi connectivity index (χ1n) is 6.61. The van der Waals surface area contributed by atoms with Crippen LogP contribution in [0.5, 0.6) is 0 Å². The van der Waals surface area contributed by atoms with E-state index in [-0.39, 0.29) is 0 Å². The summed E-state index contributed by atoms with van der Waals surface area (Å²) in [5.41, 5.74) is 2.54. The molecule has 2 rings (SSSR count). The lowest BCUT2D eigenvalue weighted by Gasteiger charge is -2.05. The van der Waals surface area contributed by atoms with Crippen molar-refractivity contribution in [2.75, 3.05) is 6.54 Å². The Bertz CT molecular complexity index is 508. The van der Waals surface area contributed by atoms with E-state index in [0.29, 0.717) is 0 Å². The van der Waals surface area contributed by atoms with Crippen molar-refractivity contribution in [1.82, 2.24) is 10.3 Å². The van der Waals surface area contributed by atoms with Crippen LogP contribution in [0.3, 0.4) is 0 Å². The minimum atomic E-state index is 0.955. The number of aromatic nitrogens is 1. The molecule has 0 spiro atoms. The number of nitrogens with one attached hydrogen (secondary N) is 1. The summed E-state index contributed by atoms with van der Waals surface area (Å²) in [5, 5.41) is 6.73. The molecular weight excluding hydrogens is 272 g/mol. The lowest BCUT2D eigenvalue weighted by molar-refractivity contribution is 0.674. The summed E-state index contributed by atoms with van der Waals surface area (Å²) < 4.78 is 0. The van der Waals surface area contributed by atoms with Gasteiger partial charge in [0.05, 0.1) is 10.7 Å². The van der Waals surface area contributed by atoms with Gasteiger partial charge in [-0.15, -0.1) is 23.1 Å². The molecule has 102 valence electrons. The molecule has 0 radical (unpaired) electrons. The van der Waals surface area contributed by atoms with Crippen molar-refractivity contribution < 1.29 is 0 Å². The summed E-state index contributed by atoms with van der Waals surface area (Å²) in [6, 6.07) is 8.76. The minimum Gasteiger partial charge on any atom is -0.313 e. The van der Waals surface area contributed by atoms with E-state index in [1.54, 1.807) is 11.3 Å². The van der Waals surface area contributed by atoms with Gasteiger partial charge in [-0.2, -0.15) is 0 Å². The van der Waals surface area contributed by atoms with E-state index in [9.17, 15) is 0 Å². The van der Waals surface area contributed by atoms with Crippen LogP contribution in [0.4, 0.5) is 0 Å². The first kappa shape index (κ1) is 14.6. The summed E-state index contributed by atoms with van der Waals surface area (Å²) in [7, 11) is 0. The van der Waals surface area contributed by atoms with Crippen LogP contribution >= 0.6 is 23.1 Å². The van der Waals surface area contributed by atoms with Gasteiger partial charge in [-0.05, 0) is 37.6 Å². The SMILES string of the molecule is CCCNCc1cccc(SCc2csc(C)n2)c1. The molecule has 0 aliphatic heterocycles. The van der Waals surface area contributed by atoms with E-state index in [1.807, 2.05) is 11.8 Å². The van der Waals surface area contributed by atoms with E-state index in [0.717, 1.165) is 23.8 Å². The molecule has 0 fully saturated rings. The number of rotatable bonds is 7. The molecular formula is C15H20N2S2. The predicted octanol–water partition coefficient (Wildman–Crippen LogP) is 4.24. The molecule has 0 aliphatic rings. The van der Waals surface area contributed by atoms with E-state index < -0.39 is 0 Å². The first-order valence-corrected chi connectivity index (χ1v) is 8.48. The second kappa shape index (κ2) is 7.68. The van der Waals surface area contributed by atoms with Gasteiger partial charge < -0.3 is 5.32 Å². The Labute approximate surface area is 123 Å². The smallest absolute Gasteiger partial charge is 0.0897 e. The molecule has 2 nitrogen and oxygen atoms in total. The van der Waals surface area contributed by atoms with Crippen LogP contribution in [0.25, 0.3) is 0 Å². The highest BCUT2D eigenvalue weighted by molar-refractivity contribution is 7.98. The highest BCUT2D eigenvalue weighted by Crippen LogP contribution is 2.24. The van der Waals surface area contributed by atoms with Gasteiger partial charge in [0.2, 0.25) is 0 Å². The van der Waals surface area contributed by atoms with Crippen molar-refractivity contribution in [1.29, 1.82) is 0 Å². The minimum absolute atomic E-state index is 0.955. The lowest BCUT2D eigenvalue weighted by Crippen LogP contribution is -2.13. The second-order valence-corrected chi connectivity index (χ2v) is 6.58. The number of thiazole rings is 1. The maximum atomic E-state index is 4.49. The molecule has 0 bridgehead atoms. The zero-order valence-corrected chi connectivity index (χ0v) is 13.1. The summed E-state index contributed by atoms with van der Waals surface area (Å²) in [6.45, 7) is 6.28. The Kier molecular flexibility index (Phi) is 5.89. The third-order valence-corrected chi connectivity index (χ3v) is 4.56. The summed E-state index contributed by atoms with van der Waals surface area (Å²) in [4.78, 5) is 5.81. The van der Waals surface area contributed by atoms with Gasteiger partial charge in [0, 0.05) is 22.6 Å². The van der Waals surface area contributed by atoms with Crippen molar-refractivity contribution >= 4 is 23.1 Å². The van der Waals surface area contributed by atoms with Crippen LogP contribution in [-0.2, 0) is 12.3 Å². The zero-order valence-electron chi connectivity index (χ0n) is 11.5. The van der Waals surface area contributed by atoms with Gasteiger partial charge in [-0.1, -0.05) is 19.1 Å². The quantitative estimate of drug-likeness (QED) is 0.610. The maximum Gasteiger partial charge on any atom is 0.0897 e. The molecule has 2 aromatic rings. The molecule has 0 unspecified atom stereocenters. The van der Waals surface area contributed by atoms with Crippen LogP contribution < -0.4 is 5.32 Å². The number of hydrogen-bond donors (Lipinski definition) is 1. The number of nitrogens with zero attached hydrogens (tertiary/aromatic N) is 1. The Morgan fingerprint density at radius 2 is 2.26 bits per heavy atom. The van der Waals surface area contributed by atoms with Crippen LogP contribution in [0, 0.1) is 6.92 Å². The fourth-order valence-electron chi connectivity index (χ4n) is 1.79. The molecule has 0 saturated carbocycles. The predicted molar refractivity (Wildman–Crippen MR) is 84.9 cm³/mol. The van der Waals surface area contributed by atoms with Gasteiger partial charge >= 0.3 is 0 Å². The molecule has 0 aliphatic carbocycles. The number of aryl methyl sites for hydroxylation is 1. The van der Waals surface area contributed by atoms with E-state index >= 15 is 0 Å². The van der Waals surface area contributed by atoms with Gasteiger partial charge in [0.1, 0.15) is 0 Å². The number of hydrogen-bond acceptors (Lipinski definition) is 4. The molecule has 1 N–H and O–H groups in total. The number of benzene rings is 1. The van der Waals surface area contributed by atoms with Gasteiger partial charge in [0.15, 0.2) is 0 Å². The van der Waals surface area contributed by atoms with Gasteiger partial charge in [-0.25, -0.2) is 4.98 Å². The molecule has 0 atom stereocenters. The summed E-state index contributed by atoms with van der Waals surface area (Å²) in [6.07, 6.45) is 1.18. The van der Waals surface area contributed by atoms with Gasteiger partial charge in [-0.3, -0.25) is 0 Å². The van der Waals surface area contributed by atoms with E-state index in [4.69, 9.17) is 0 Å². The van der Waals surface area contributed by atoms with Crippen molar-refractivity contribution in [2.24, 2.45) is 0 Å². The number of thioether (sulfide) groups is 1. The monoisotopic (exact) mass is 292 g/mol. The summed E-state index contributed by atoms with van der Waals surface area (Å²) >= 11 is 3.58. The Hall–Kier alpha value is -0.840. The normalized spacial score (nSPS) is 10.8. The third-order valence-electron chi connectivity index (χ3n) is 2.71. The molecule has 1 aromatic heterocycles. The Morgan fingerprint density at radius 1 is 1.37 bits per heavy atom. The van der Waals surface area contributed by atoms with Crippen molar-refractivity contribution in [2.45, 2.75) is 37.5 Å². The topological polar surface area (TPSA) is 24.9 Å². The van der Waals surface area contributed by atoms with Crippen molar-refractivity contribution in [3.8, 4) is 0 Å². The summed E-state index contributed by atoms with van der Waals surface area (Å²) in [5.74, 6) is 0.955. The first-order chi connectivity index (χ1) is 9.28. The van der Waals surface area contributed by atoms with Crippen LogP contribution in [0.15, 0.2) is 34.5 Å². The average molecular weight is 292 g/mol. The second-order valence-electron chi connectivity index (χ2n) is 4.47. The maximum absolute atomic E-state index is 4.49. The van der Waals surface area contributed by atoms with Crippen molar-refractivity contribution in [3.05, 3.63) is 45.9 Å². The van der Waals surface area contributed by atoms with Crippen molar-refractivity contribution in [3.63, 3.8) is 0 Å².